The van der Waals surface area contributed by atoms with Gasteiger partial charge >= 0.3 is 6.09 Å². The van der Waals surface area contributed by atoms with E-state index < -0.39 is 0 Å². The van der Waals surface area contributed by atoms with Crippen molar-refractivity contribution in [2.45, 2.75) is 57.8 Å². The van der Waals surface area contributed by atoms with Crippen LogP contribution in [-0.2, 0) is 21.5 Å². The highest BCUT2D eigenvalue weighted by Crippen LogP contribution is 2.33. The van der Waals surface area contributed by atoms with Crippen molar-refractivity contribution in [1.82, 2.24) is 10.2 Å². The van der Waals surface area contributed by atoms with Gasteiger partial charge in [0.2, 0.25) is 0 Å². The molecule has 0 saturated carbocycles. The van der Waals surface area contributed by atoms with Gasteiger partial charge in [-0.15, -0.1) is 0 Å². The van der Waals surface area contributed by atoms with E-state index in [1.165, 1.54) is 16.7 Å². The first-order chi connectivity index (χ1) is 15.4. The maximum absolute atomic E-state index is 12.7. The highest BCUT2D eigenvalue weighted by atomic mass is 16.6. The van der Waals surface area contributed by atoms with Gasteiger partial charge in [-0.25, -0.2) is 4.79 Å². The molecule has 5 nitrogen and oxygen atoms in total. The monoisotopic (exact) mass is 434 g/mol. The number of carbonyl (C=O) groups is 1. The molecule has 3 saturated heterocycles. The average molecular weight is 435 g/mol. The number of hydrogen-bond donors (Lipinski definition) is 1. The van der Waals surface area contributed by atoms with Gasteiger partial charge in [-0.3, -0.25) is 4.90 Å². The summed E-state index contributed by atoms with van der Waals surface area (Å²) >= 11 is 0. The second-order valence-electron chi connectivity index (χ2n) is 10.5. The summed E-state index contributed by atoms with van der Waals surface area (Å²) in [5.41, 5.74) is 6.06. The van der Waals surface area contributed by atoms with Crippen LogP contribution in [-0.4, -0.2) is 43.3 Å². The molecule has 1 N–H and O–H groups in total. The van der Waals surface area contributed by atoms with Crippen molar-refractivity contribution >= 4 is 6.09 Å². The lowest BCUT2D eigenvalue weighted by atomic mass is 9.85. The molecule has 2 atom stereocenters. The topological polar surface area (TPSA) is 50.8 Å². The van der Waals surface area contributed by atoms with Crippen LogP contribution in [0.1, 0.15) is 56.3 Å². The number of alkyl carbamates (subject to hydrolysis) is 1. The van der Waals surface area contributed by atoms with E-state index in [1.807, 2.05) is 0 Å². The molecular weight excluding hydrogens is 400 g/mol. The van der Waals surface area contributed by atoms with E-state index in [9.17, 15) is 4.79 Å². The van der Waals surface area contributed by atoms with E-state index in [1.54, 1.807) is 0 Å². The lowest BCUT2D eigenvalue weighted by molar-refractivity contribution is -0.0353. The number of rotatable bonds is 3. The molecule has 0 radical (unpaired) electrons. The Labute approximate surface area is 191 Å². The summed E-state index contributed by atoms with van der Waals surface area (Å²) in [6.07, 6.45) is 1.95. The van der Waals surface area contributed by atoms with Gasteiger partial charge in [-0.2, -0.15) is 0 Å². The first-order valence-corrected chi connectivity index (χ1v) is 11.9. The number of amides is 1. The van der Waals surface area contributed by atoms with Gasteiger partial charge in [0.25, 0.3) is 0 Å². The van der Waals surface area contributed by atoms with Gasteiger partial charge < -0.3 is 14.8 Å². The molecule has 6 rings (SSSR count). The Bertz CT molecular complexity index is 989. The second kappa shape index (κ2) is 8.53. The van der Waals surface area contributed by atoms with Crippen molar-refractivity contribution < 1.29 is 14.3 Å². The van der Waals surface area contributed by atoms with Crippen LogP contribution in [0.5, 0.6) is 0 Å². The van der Waals surface area contributed by atoms with E-state index in [2.05, 4.69) is 73.5 Å². The number of nitrogens with one attached hydrogen (secondary N) is 1. The molecule has 4 aliphatic heterocycles. The molecular formula is C27H34N2O3. The Balaban J connectivity index is 1.30. The zero-order chi connectivity index (χ0) is 22.3. The van der Waals surface area contributed by atoms with Crippen molar-refractivity contribution in [3.63, 3.8) is 0 Å². The fourth-order valence-electron chi connectivity index (χ4n) is 5.27. The fourth-order valence-corrected chi connectivity index (χ4v) is 5.27. The standard InChI is InChI=1S/C27H34N2O3/c1-27(2,3)22-6-4-5-19(14-22)20-7-8-23-21(13-20)16-31-17-24(23)28-26(30)32-25-15-29-11-9-18(25)10-12-29/h4-8,13-14,18,24-25H,9-12,15-17H2,1-3H3,(H,28,30)/t24?,25-/m0/s1. The van der Waals surface area contributed by atoms with Crippen LogP contribution in [0.15, 0.2) is 42.5 Å². The maximum atomic E-state index is 12.7. The summed E-state index contributed by atoms with van der Waals surface area (Å²) in [4.78, 5) is 15.1. The minimum Gasteiger partial charge on any atom is -0.445 e. The molecule has 170 valence electrons. The number of benzene rings is 2. The van der Waals surface area contributed by atoms with Crippen LogP contribution in [0.3, 0.4) is 0 Å². The number of piperidine rings is 3. The zero-order valence-corrected chi connectivity index (χ0v) is 19.4. The van der Waals surface area contributed by atoms with E-state index >= 15 is 0 Å². The highest BCUT2D eigenvalue weighted by molar-refractivity contribution is 5.69. The van der Waals surface area contributed by atoms with Gasteiger partial charge in [0.05, 0.1) is 19.3 Å². The van der Waals surface area contributed by atoms with E-state index in [0.29, 0.717) is 19.1 Å². The molecule has 32 heavy (non-hydrogen) atoms. The molecule has 5 heteroatoms. The van der Waals surface area contributed by atoms with Crippen LogP contribution in [0.4, 0.5) is 4.79 Å². The summed E-state index contributed by atoms with van der Waals surface area (Å²) in [6, 6.07) is 15.0. The molecule has 0 aromatic heterocycles. The van der Waals surface area contributed by atoms with Gasteiger partial charge in [0, 0.05) is 6.54 Å². The highest BCUT2D eigenvalue weighted by Gasteiger charge is 2.37. The fraction of sp³-hybridized carbons (Fsp3) is 0.519. The van der Waals surface area contributed by atoms with Crippen molar-refractivity contribution in [1.29, 1.82) is 0 Å². The summed E-state index contributed by atoms with van der Waals surface area (Å²) in [7, 11) is 0. The van der Waals surface area contributed by atoms with Crippen LogP contribution in [0.25, 0.3) is 11.1 Å². The van der Waals surface area contributed by atoms with Crippen molar-refractivity contribution in [3.8, 4) is 11.1 Å². The van der Waals surface area contributed by atoms with Gasteiger partial charge in [-0.1, -0.05) is 57.2 Å². The van der Waals surface area contributed by atoms with Gasteiger partial charge in [-0.05, 0) is 71.1 Å². The van der Waals surface area contributed by atoms with Crippen LogP contribution in [0, 0.1) is 5.92 Å². The van der Waals surface area contributed by atoms with Gasteiger partial charge in [0.15, 0.2) is 0 Å². The molecule has 4 aliphatic rings. The van der Waals surface area contributed by atoms with E-state index in [4.69, 9.17) is 9.47 Å². The number of nitrogens with zero attached hydrogens (tertiary/aromatic N) is 1. The Kier molecular flexibility index (Phi) is 5.72. The normalized spacial score (nSPS) is 27.0. The molecule has 2 bridgehead atoms. The summed E-state index contributed by atoms with van der Waals surface area (Å²) in [6.45, 7) is 10.9. The largest absolute Gasteiger partial charge is 0.445 e. The number of fused-ring (bicyclic) bond motifs is 4. The van der Waals surface area contributed by atoms with E-state index in [0.717, 1.165) is 43.6 Å². The lowest BCUT2D eigenvalue weighted by Gasteiger charge is -2.44. The summed E-state index contributed by atoms with van der Waals surface area (Å²) in [5, 5.41) is 3.07. The molecule has 2 aromatic carbocycles. The molecule has 1 unspecified atom stereocenters. The van der Waals surface area contributed by atoms with Crippen molar-refractivity contribution in [2.24, 2.45) is 5.92 Å². The quantitative estimate of drug-likeness (QED) is 0.735. The first kappa shape index (κ1) is 21.5. The molecule has 2 aromatic rings. The number of carbonyl (C=O) groups excluding carboxylic acids is 1. The summed E-state index contributed by atoms with van der Waals surface area (Å²) in [5.74, 6) is 0.507. The number of ether oxygens (including phenoxy) is 2. The third-order valence-corrected chi connectivity index (χ3v) is 7.27. The maximum Gasteiger partial charge on any atom is 0.408 e. The van der Waals surface area contributed by atoms with E-state index in [-0.39, 0.29) is 23.7 Å². The SMILES string of the molecule is CC(C)(C)c1cccc(-c2ccc3c(c2)COCC3NC(=O)O[C@H]2CN3CCC2CC3)c1. The third kappa shape index (κ3) is 4.41. The van der Waals surface area contributed by atoms with Crippen LogP contribution >= 0.6 is 0 Å². The first-order valence-electron chi connectivity index (χ1n) is 11.9. The Morgan fingerprint density at radius 2 is 1.88 bits per heavy atom. The zero-order valence-electron chi connectivity index (χ0n) is 19.4. The summed E-state index contributed by atoms with van der Waals surface area (Å²) < 4.78 is 11.7. The average Bonchev–Trinajstić information content (AvgIpc) is 2.79. The smallest absolute Gasteiger partial charge is 0.408 e. The third-order valence-electron chi connectivity index (χ3n) is 7.27. The lowest BCUT2D eigenvalue weighted by Crippen LogP contribution is -2.53. The van der Waals surface area contributed by atoms with Crippen molar-refractivity contribution in [3.05, 3.63) is 59.2 Å². The Morgan fingerprint density at radius 3 is 2.59 bits per heavy atom. The molecule has 1 amide bonds. The van der Waals surface area contributed by atoms with Gasteiger partial charge in [0.1, 0.15) is 6.10 Å². The minimum atomic E-state index is -0.327. The second-order valence-corrected chi connectivity index (χ2v) is 10.5. The molecule has 0 spiro atoms. The Morgan fingerprint density at radius 1 is 1.09 bits per heavy atom. The Hall–Kier alpha value is -2.37. The van der Waals surface area contributed by atoms with Crippen LogP contribution in [0.2, 0.25) is 0 Å². The number of hydrogen-bond acceptors (Lipinski definition) is 4. The molecule has 3 fully saturated rings. The van der Waals surface area contributed by atoms with Crippen LogP contribution < -0.4 is 5.32 Å². The molecule has 0 aliphatic carbocycles. The predicted molar refractivity (Wildman–Crippen MR) is 126 cm³/mol. The predicted octanol–water partition coefficient (Wildman–Crippen LogP) is 5.04. The van der Waals surface area contributed by atoms with Crippen molar-refractivity contribution in [2.75, 3.05) is 26.2 Å². The minimum absolute atomic E-state index is 0.0129. The molecule has 4 heterocycles.